The molecule has 2 N–H and O–H groups in total. The number of rotatable bonds is 0. The Morgan fingerprint density at radius 1 is 1.42 bits per heavy atom. The molecular weight excluding hydrogens is 152 g/mol. The Kier molecular flexibility index (Phi) is 1.46. The van der Waals surface area contributed by atoms with Crippen molar-refractivity contribution >= 4 is 0 Å². The number of fused-ring (bicyclic) bond motifs is 2. The van der Waals surface area contributed by atoms with E-state index in [1.165, 1.54) is 0 Å². The Morgan fingerprint density at radius 3 is 2.33 bits per heavy atom. The van der Waals surface area contributed by atoms with Crippen molar-refractivity contribution in [3.05, 3.63) is 12.2 Å². The summed E-state index contributed by atoms with van der Waals surface area (Å²) in [5.41, 5.74) is 1.07. The molecule has 0 amide bonds. The minimum Gasteiger partial charge on any atom is -0.392 e. The summed E-state index contributed by atoms with van der Waals surface area (Å²) in [6.45, 7) is 8.11. The minimum absolute atomic E-state index is 0.0498. The van der Waals surface area contributed by atoms with Crippen LogP contribution in [0.2, 0.25) is 0 Å². The molecule has 0 radical (unpaired) electrons. The Labute approximate surface area is 72.9 Å². The molecule has 2 heteroatoms. The predicted molar refractivity (Wildman–Crippen MR) is 46.5 cm³/mol. The first-order valence-corrected chi connectivity index (χ1v) is 4.50. The quantitative estimate of drug-likeness (QED) is 0.528. The van der Waals surface area contributed by atoms with Gasteiger partial charge in [-0.3, -0.25) is 0 Å². The van der Waals surface area contributed by atoms with E-state index in [1.807, 2.05) is 0 Å². The molecule has 3 aliphatic carbocycles. The standard InChI is InChI=1S/C10H16O2/c1-5-4-6(11)8-9(12)7(5)10(8,2)3/h6-9,11-12H,1,4H2,2-3H3/t6-,7-,8+,9+/m0/s1. The largest absolute Gasteiger partial charge is 0.392 e. The molecule has 3 aliphatic rings. The van der Waals surface area contributed by atoms with Crippen molar-refractivity contribution in [3.63, 3.8) is 0 Å². The average molecular weight is 168 g/mol. The van der Waals surface area contributed by atoms with Crippen LogP contribution in [-0.2, 0) is 0 Å². The van der Waals surface area contributed by atoms with Gasteiger partial charge in [-0.2, -0.15) is 0 Å². The zero-order valence-corrected chi connectivity index (χ0v) is 7.62. The van der Waals surface area contributed by atoms with E-state index in [-0.39, 0.29) is 29.5 Å². The lowest BCUT2D eigenvalue weighted by atomic mass is 9.45. The molecule has 3 rings (SSSR count). The van der Waals surface area contributed by atoms with E-state index in [4.69, 9.17) is 0 Å². The van der Waals surface area contributed by atoms with Crippen molar-refractivity contribution < 1.29 is 10.2 Å². The van der Waals surface area contributed by atoms with E-state index in [0.29, 0.717) is 6.42 Å². The summed E-state index contributed by atoms with van der Waals surface area (Å²) in [7, 11) is 0. The second-order valence-corrected chi connectivity index (χ2v) is 4.75. The second kappa shape index (κ2) is 2.12. The zero-order chi connectivity index (χ0) is 9.09. The molecule has 68 valence electrons. The van der Waals surface area contributed by atoms with Crippen LogP contribution in [0, 0.1) is 17.3 Å². The Bertz CT molecular complexity index is 228. The summed E-state index contributed by atoms with van der Waals surface area (Å²) in [6, 6.07) is 0. The van der Waals surface area contributed by atoms with Crippen molar-refractivity contribution in [2.75, 3.05) is 0 Å². The van der Waals surface area contributed by atoms with Crippen molar-refractivity contribution in [3.8, 4) is 0 Å². The van der Waals surface area contributed by atoms with E-state index in [0.717, 1.165) is 5.57 Å². The smallest absolute Gasteiger partial charge is 0.0668 e. The van der Waals surface area contributed by atoms with E-state index >= 15 is 0 Å². The van der Waals surface area contributed by atoms with Gasteiger partial charge in [-0.25, -0.2) is 0 Å². The molecular formula is C10H16O2. The van der Waals surface area contributed by atoms with Gasteiger partial charge in [-0.1, -0.05) is 26.0 Å². The fraction of sp³-hybridized carbons (Fsp3) is 0.800. The van der Waals surface area contributed by atoms with Gasteiger partial charge in [0.05, 0.1) is 12.2 Å². The van der Waals surface area contributed by atoms with E-state index in [9.17, 15) is 10.2 Å². The highest BCUT2D eigenvalue weighted by Gasteiger charge is 2.62. The van der Waals surface area contributed by atoms with Gasteiger partial charge in [0.2, 0.25) is 0 Å². The van der Waals surface area contributed by atoms with Gasteiger partial charge in [-0.15, -0.1) is 0 Å². The number of hydrogen-bond acceptors (Lipinski definition) is 2. The highest BCUT2D eigenvalue weighted by molar-refractivity contribution is 5.25. The average Bonchev–Trinajstić information content (AvgIpc) is 1.81. The molecule has 0 aliphatic heterocycles. The maximum atomic E-state index is 9.68. The molecule has 3 fully saturated rings. The van der Waals surface area contributed by atoms with Crippen LogP contribution in [0.25, 0.3) is 0 Å². The minimum atomic E-state index is -0.382. The molecule has 12 heavy (non-hydrogen) atoms. The molecule has 2 nitrogen and oxygen atoms in total. The lowest BCUT2D eigenvalue weighted by Crippen LogP contribution is -2.65. The van der Waals surface area contributed by atoms with Crippen LogP contribution in [0.15, 0.2) is 12.2 Å². The van der Waals surface area contributed by atoms with Crippen LogP contribution in [0.5, 0.6) is 0 Å². The highest BCUT2D eigenvalue weighted by atomic mass is 16.3. The first kappa shape index (κ1) is 8.27. The third-order valence-corrected chi connectivity index (χ3v) is 3.70. The SMILES string of the molecule is C=C1C[C@H](O)[C@@H]2[C@H](O)[C@H]1C2(C)C. The van der Waals surface area contributed by atoms with Crippen molar-refractivity contribution in [2.45, 2.75) is 32.5 Å². The van der Waals surface area contributed by atoms with Gasteiger partial charge in [0.1, 0.15) is 0 Å². The summed E-state index contributed by atoms with van der Waals surface area (Å²) >= 11 is 0. The summed E-state index contributed by atoms with van der Waals surface area (Å²) in [4.78, 5) is 0. The van der Waals surface area contributed by atoms with Crippen LogP contribution in [0.4, 0.5) is 0 Å². The first-order valence-electron chi connectivity index (χ1n) is 4.50. The predicted octanol–water partition coefficient (Wildman–Crippen LogP) is 0.940. The molecule has 2 bridgehead atoms. The van der Waals surface area contributed by atoms with Crippen LogP contribution >= 0.6 is 0 Å². The van der Waals surface area contributed by atoms with Gasteiger partial charge in [0.15, 0.2) is 0 Å². The molecule has 0 aromatic heterocycles. The number of hydrogen-bond donors (Lipinski definition) is 2. The second-order valence-electron chi connectivity index (χ2n) is 4.75. The molecule has 4 atom stereocenters. The fourth-order valence-electron chi connectivity index (χ4n) is 3.19. The topological polar surface area (TPSA) is 40.5 Å². The maximum Gasteiger partial charge on any atom is 0.0668 e. The molecule has 0 saturated heterocycles. The van der Waals surface area contributed by atoms with E-state index in [1.54, 1.807) is 0 Å². The molecule has 0 unspecified atom stereocenters. The van der Waals surface area contributed by atoms with Crippen LogP contribution in [0.1, 0.15) is 20.3 Å². The van der Waals surface area contributed by atoms with E-state index < -0.39 is 0 Å². The van der Waals surface area contributed by atoms with Crippen LogP contribution < -0.4 is 0 Å². The molecule has 0 aromatic rings. The lowest BCUT2D eigenvalue weighted by Gasteiger charge is -2.62. The number of aliphatic hydroxyl groups is 2. The Morgan fingerprint density at radius 2 is 2.00 bits per heavy atom. The molecule has 0 aromatic carbocycles. The first-order chi connectivity index (χ1) is 5.46. The molecule has 3 saturated carbocycles. The van der Waals surface area contributed by atoms with Gasteiger partial charge in [0.25, 0.3) is 0 Å². The van der Waals surface area contributed by atoms with Crippen molar-refractivity contribution in [1.29, 1.82) is 0 Å². The summed E-state index contributed by atoms with van der Waals surface area (Å²) in [6.07, 6.45) is -0.0562. The molecule has 0 spiro atoms. The normalized spacial score (nSPS) is 50.2. The van der Waals surface area contributed by atoms with Crippen molar-refractivity contribution in [1.82, 2.24) is 0 Å². The Balaban J connectivity index is 2.32. The van der Waals surface area contributed by atoms with Crippen molar-refractivity contribution in [2.24, 2.45) is 17.3 Å². The highest BCUT2D eigenvalue weighted by Crippen LogP contribution is 2.60. The van der Waals surface area contributed by atoms with Gasteiger partial charge in [0, 0.05) is 11.8 Å². The van der Waals surface area contributed by atoms with Crippen LogP contribution in [-0.4, -0.2) is 22.4 Å². The third-order valence-electron chi connectivity index (χ3n) is 3.70. The maximum absolute atomic E-state index is 9.68. The summed E-state index contributed by atoms with van der Waals surface area (Å²) in [5, 5.41) is 19.4. The van der Waals surface area contributed by atoms with Gasteiger partial charge in [-0.05, 0) is 11.8 Å². The van der Waals surface area contributed by atoms with Gasteiger partial charge < -0.3 is 10.2 Å². The van der Waals surface area contributed by atoms with Crippen LogP contribution in [0.3, 0.4) is 0 Å². The van der Waals surface area contributed by atoms with Gasteiger partial charge >= 0.3 is 0 Å². The lowest BCUT2D eigenvalue weighted by molar-refractivity contribution is -0.203. The van der Waals surface area contributed by atoms with E-state index in [2.05, 4.69) is 20.4 Å². The fourth-order valence-corrected chi connectivity index (χ4v) is 3.19. The zero-order valence-electron chi connectivity index (χ0n) is 7.62. The summed E-state index contributed by atoms with van der Waals surface area (Å²) in [5.74, 6) is 0.277. The number of aliphatic hydroxyl groups excluding tert-OH is 2. The Hall–Kier alpha value is -0.340. The monoisotopic (exact) mass is 168 g/mol. The molecule has 0 heterocycles. The summed E-state index contributed by atoms with van der Waals surface area (Å²) < 4.78 is 0. The third kappa shape index (κ3) is 0.723.